The van der Waals surface area contributed by atoms with Crippen LogP contribution in [0.5, 0.6) is 0 Å². The van der Waals surface area contributed by atoms with E-state index in [2.05, 4.69) is 4.98 Å². The van der Waals surface area contributed by atoms with Crippen molar-refractivity contribution in [2.75, 3.05) is 4.90 Å². The van der Waals surface area contributed by atoms with Crippen molar-refractivity contribution in [3.8, 4) is 11.5 Å². The number of benzene rings is 3. The molecule has 0 radical (unpaired) electrons. The van der Waals surface area contributed by atoms with Crippen molar-refractivity contribution in [2.45, 2.75) is 77.8 Å². The second-order valence-corrected chi connectivity index (χ2v) is 13.1. The highest BCUT2D eigenvalue weighted by Gasteiger charge is 2.52. The van der Waals surface area contributed by atoms with Crippen molar-refractivity contribution >= 4 is 38.6 Å². The van der Waals surface area contributed by atoms with Crippen LogP contribution in [0.15, 0.2) is 63.9 Å². The van der Waals surface area contributed by atoms with Gasteiger partial charge < -0.3 is 4.42 Å². The Hall–Kier alpha value is -3.82. The second-order valence-electron chi connectivity index (χ2n) is 11.4. The van der Waals surface area contributed by atoms with E-state index in [0.29, 0.717) is 40.3 Å². The SMILES string of the molecule is CCC(C)(C)N(C1CC(=O)N(c2ccc(-c3nc4ccccc4o3)cc2)C1=O)S(=O)(=O)c1c(C)c(C)cc(C)c1C. The Kier molecular flexibility index (Phi) is 7.16. The third kappa shape index (κ3) is 4.77. The monoisotopic (exact) mass is 573 g/mol. The maximum absolute atomic E-state index is 14.5. The number of aryl methyl sites for hydroxylation is 2. The predicted molar refractivity (Wildman–Crippen MR) is 159 cm³/mol. The molecule has 9 heteroatoms. The minimum absolute atomic E-state index is 0.206. The number of fused-ring (bicyclic) bond motifs is 1. The van der Waals surface area contributed by atoms with Crippen LogP contribution >= 0.6 is 0 Å². The van der Waals surface area contributed by atoms with Gasteiger partial charge in [-0.1, -0.05) is 25.1 Å². The van der Waals surface area contributed by atoms with Crippen molar-refractivity contribution in [1.82, 2.24) is 9.29 Å². The molecule has 0 bridgehead atoms. The molecule has 1 saturated heterocycles. The van der Waals surface area contributed by atoms with Crippen LogP contribution in [0.4, 0.5) is 5.69 Å². The van der Waals surface area contributed by atoms with Gasteiger partial charge in [-0.15, -0.1) is 0 Å². The normalized spacial score (nSPS) is 16.4. The standard InChI is InChI=1S/C32H35N3O5S/c1-8-32(6,7)35(41(38,39)29-21(4)19(2)17-20(3)22(29)5)26-18-28(36)34(31(26)37)24-15-13-23(14-16-24)30-33-25-11-9-10-12-27(25)40-30/h9-17,26H,8,18H2,1-7H3. The van der Waals surface area contributed by atoms with E-state index in [4.69, 9.17) is 4.42 Å². The summed E-state index contributed by atoms with van der Waals surface area (Å²) in [6, 6.07) is 15.0. The maximum atomic E-state index is 14.5. The van der Waals surface area contributed by atoms with E-state index in [0.717, 1.165) is 21.5 Å². The van der Waals surface area contributed by atoms with Crippen LogP contribution in [-0.2, 0) is 19.6 Å². The van der Waals surface area contributed by atoms with Gasteiger partial charge in [0, 0.05) is 11.1 Å². The number of sulfonamides is 1. The van der Waals surface area contributed by atoms with Crippen LogP contribution in [-0.4, -0.2) is 41.1 Å². The molecular weight excluding hydrogens is 538 g/mol. The summed E-state index contributed by atoms with van der Waals surface area (Å²) < 4.78 is 36.1. The fourth-order valence-electron chi connectivity index (χ4n) is 5.56. The number of carbonyl (C=O) groups excluding carboxylic acids is 2. The Bertz CT molecular complexity index is 1730. The van der Waals surface area contributed by atoms with Crippen LogP contribution in [0.1, 0.15) is 55.9 Å². The van der Waals surface area contributed by atoms with Crippen molar-refractivity contribution in [1.29, 1.82) is 0 Å². The lowest BCUT2D eigenvalue weighted by atomic mass is 10.00. The van der Waals surface area contributed by atoms with Crippen LogP contribution < -0.4 is 4.90 Å². The number of amides is 2. The molecule has 2 amide bonds. The number of imide groups is 1. The first-order chi connectivity index (χ1) is 19.3. The average molecular weight is 574 g/mol. The van der Waals surface area contributed by atoms with Gasteiger partial charge in [-0.2, -0.15) is 4.31 Å². The molecular formula is C32H35N3O5S. The largest absolute Gasteiger partial charge is 0.436 e. The fourth-order valence-corrected chi connectivity index (χ4v) is 8.13. The molecule has 4 aromatic rings. The van der Waals surface area contributed by atoms with Crippen LogP contribution in [0.3, 0.4) is 0 Å². The molecule has 41 heavy (non-hydrogen) atoms. The number of carbonyl (C=O) groups is 2. The smallest absolute Gasteiger partial charge is 0.252 e. The van der Waals surface area contributed by atoms with Gasteiger partial charge in [0.1, 0.15) is 11.6 Å². The molecule has 5 rings (SSSR count). The molecule has 1 aliphatic heterocycles. The van der Waals surface area contributed by atoms with E-state index in [1.165, 1.54) is 4.31 Å². The van der Waals surface area contributed by atoms with Gasteiger partial charge in [0.05, 0.1) is 17.0 Å². The van der Waals surface area contributed by atoms with Gasteiger partial charge in [0.15, 0.2) is 5.58 Å². The van der Waals surface area contributed by atoms with E-state index in [9.17, 15) is 18.0 Å². The van der Waals surface area contributed by atoms with E-state index in [1.54, 1.807) is 52.0 Å². The quantitative estimate of drug-likeness (QED) is 0.243. The summed E-state index contributed by atoms with van der Waals surface area (Å²) in [6.07, 6.45) is 0.212. The second kappa shape index (κ2) is 10.2. The van der Waals surface area contributed by atoms with Crippen molar-refractivity contribution in [2.24, 2.45) is 0 Å². The fraction of sp³-hybridized carbons (Fsp3) is 0.344. The summed E-state index contributed by atoms with van der Waals surface area (Å²) in [5.41, 5.74) is 4.53. The Morgan fingerprint density at radius 2 is 1.59 bits per heavy atom. The molecule has 0 N–H and O–H groups in total. The minimum atomic E-state index is -4.17. The predicted octanol–water partition coefficient (Wildman–Crippen LogP) is 6.24. The zero-order chi connectivity index (χ0) is 29.9. The molecule has 0 spiro atoms. The van der Waals surface area contributed by atoms with Gasteiger partial charge >= 0.3 is 0 Å². The molecule has 1 aliphatic rings. The summed E-state index contributed by atoms with van der Waals surface area (Å²) in [7, 11) is -4.17. The van der Waals surface area contributed by atoms with Crippen molar-refractivity contribution < 1.29 is 22.4 Å². The molecule has 1 aromatic heterocycles. The van der Waals surface area contributed by atoms with Crippen LogP contribution in [0.2, 0.25) is 0 Å². The van der Waals surface area contributed by atoms with Crippen molar-refractivity contribution in [3.05, 3.63) is 76.9 Å². The molecule has 0 aliphatic carbocycles. The average Bonchev–Trinajstić information content (AvgIpc) is 3.48. The number of para-hydroxylation sites is 2. The molecule has 214 valence electrons. The lowest BCUT2D eigenvalue weighted by molar-refractivity contribution is -0.122. The third-order valence-electron chi connectivity index (χ3n) is 8.35. The Balaban J connectivity index is 1.53. The van der Waals surface area contributed by atoms with Gasteiger partial charge in [-0.05, 0) is 107 Å². The first-order valence-electron chi connectivity index (χ1n) is 13.7. The van der Waals surface area contributed by atoms with E-state index in [-0.39, 0.29) is 11.3 Å². The highest BCUT2D eigenvalue weighted by atomic mass is 32.2. The lowest BCUT2D eigenvalue weighted by Crippen LogP contribution is -2.55. The summed E-state index contributed by atoms with van der Waals surface area (Å²) >= 11 is 0. The van der Waals surface area contributed by atoms with E-state index in [1.807, 2.05) is 51.1 Å². The van der Waals surface area contributed by atoms with Gasteiger partial charge in [0.25, 0.3) is 5.91 Å². The number of hydrogen-bond acceptors (Lipinski definition) is 6. The first-order valence-corrected chi connectivity index (χ1v) is 15.2. The molecule has 8 nitrogen and oxygen atoms in total. The summed E-state index contributed by atoms with van der Waals surface area (Å²) in [5, 5.41) is 0. The first kappa shape index (κ1) is 28.7. The van der Waals surface area contributed by atoms with Gasteiger partial charge in [0.2, 0.25) is 21.8 Å². The molecule has 0 saturated carbocycles. The van der Waals surface area contributed by atoms with Gasteiger partial charge in [-0.3, -0.25) is 9.59 Å². The number of rotatable bonds is 7. The van der Waals surface area contributed by atoms with Crippen LogP contribution in [0, 0.1) is 27.7 Å². The zero-order valence-corrected chi connectivity index (χ0v) is 25.3. The molecule has 1 fully saturated rings. The number of aromatic nitrogens is 1. The Morgan fingerprint density at radius 1 is 0.976 bits per heavy atom. The zero-order valence-electron chi connectivity index (χ0n) is 24.5. The maximum Gasteiger partial charge on any atom is 0.252 e. The summed E-state index contributed by atoms with van der Waals surface area (Å²) in [4.78, 5) is 33.1. The molecule has 1 unspecified atom stereocenters. The van der Waals surface area contributed by atoms with Crippen molar-refractivity contribution in [3.63, 3.8) is 0 Å². The lowest BCUT2D eigenvalue weighted by Gasteiger charge is -2.40. The van der Waals surface area contributed by atoms with Gasteiger partial charge in [-0.25, -0.2) is 18.3 Å². The highest BCUT2D eigenvalue weighted by Crippen LogP contribution is 2.39. The minimum Gasteiger partial charge on any atom is -0.436 e. The van der Waals surface area contributed by atoms with E-state index < -0.39 is 33.4 Å². The Labute approximate surface area is 241 Å². The number of oxazole rings is 1. The molecule has 2 heterocycles. The number of hydrogen-bond donors (Lipinski definition) is 0. The third-order valence-corrected chi connectivity index (χ3v) is 10.7. The number of anilines is 1. The summed E-state index contributed by atoms with van der Waals surface area (Å²) in [5.74, 6) is -0.583. The topological polar surface area (TPSA) is 101 Å². The molecule has 3 aromatic carbocycles. The van der Waals surface area contributed by atoms with E-state index >= 15 is 0 Å². The Morgan fingerprint density at radius 3 is 2.17 bits per heavy atom. The highest BCUT2D eigenvalue weighted by molar-refractivity contribution is 7.89. The summed E-state index contributed by atoms with van der Waals surface area (Å²) in [6.45, 7) is 12.8. The molecule has 1 atom stereocenters. The van der Waals surface area contributed by atoms with Crippen LogP contribution in [0.25, 0.3) is 22.6 Å². The number of nitrogens with zero attached hydrogens (tertiary/aromatic N) is 3.